The molecule has 238 valence electrons. The number of ether oxygens (including phenoxy) is 4. The first-order chi connectivity index (χ1) is 21.1. The standard InChI is InChI=1S/C30H35F3N4O7/c1-36-20-25-24-19-21(4-9-26(24)37(28(25)35-36)23-7-5-22(6-8-23)30(31,32)33)29(40)34-10-12-42-14-16-44-18-17-43-15-13-41-11-2-3-27(38)39/h4-9,19-20H,2-3,10-18H2,1H3,(H,34,40)(H,38,39). The molecule has 1 amide bonds. The van der Waals surface area contributed by atoms with Crippen molar-refractivity contribution >= 4 is 33.8 Å². The number of nitrogens with zero attached hydrogens (tertiary/aromatic N) is 3. The molecule has 2 aromatic heterocycles. The summed E-state index contributed by atoms with van der Waals surface area (Å²) in [5.41, 5.74) is 1.51. The highest BCUT2D eigenvalue weighted by Crippen LogP contribution is 2.34. The van der Waals surface area contributed by atoms with Gasteiger partial charge in [0.15, 0.2) is 5.65 Å². The fourth-order valence-corrected chi connectivity index (χ4v) is 4.52. The molecular weight excluding hydrogens is 585 g/mol. The molecule has 0 bridgehead atoms. The van der Waals surface area contributed by atoms with Crippen LogP contribution in [0.4, 0.5) is 13.2 Å². The SMILES string of the molecule is Cn1cc2c3cc(C(=O)NCCOCCOCCOCCOCCCC(=O)O)ccc3n(-c3ccc(C(F)(F)F)cc3)c2n1. The summed E-state index contributed by atoms with van der Waals surface area (Å²) in [6, 6.07) is 10.1. The van der Waals surface area contributed by atoms with E-state index in [0.29, 0.717) is 82.7 Å². The molecular formula is C30H35F3N4O7. The maximum Gasteiger partial charge on any atom is 0.416 e. The number of fused-ring (bicyclic) bond motifs is 3. The number of benzene rings is 2. The van der Waals surface area contributed by atoms with Crippen LogP contribution in [-0.2, 0) is 37.0 Å². The third-order valence-corrected chi connectivity index (χ3v) is 6.59. The number of nitrogens with one attached hydrogen (secondary N) is 1. The Hall–Kier alpha value is -3.98. The molecule has 0 aliphatic rings. The zero-order valence-electron chi connectivity index (χ0n) is 24.3. The zero-order chi connectivity index (χ0) is 31.5. The summed E-state index contributed by atoms with van der Waals surface area (Å²) in [5.74, 6) is -1.12. The minimum atomic E-state index is -4.43. The average molecular weight is 621 g/mol. The molecule has 4 rings (SSSR count). The van der Waals surface area contributed by atoms with E-state index in [1.807, 2.05) is 6.20 Å². The number of carboxylic acids is 1. The zero-order valence-corrected chi connectivity index (χ0v) is 24.3. The van der Waals surface area contributed by atoms with E-state index in [1.165, 1.54) is 12.1 Å². The number of carbonyl (C=O) groups is 2. The predicted octanol–water partition coefficient (Wildman–Crippen LogP) is 4.20. The Bertz CT molecular complexity index is 1530. The average Bonchev–Trinajstić information content (AvgIpc) is 3.50. The summed E-state index contributed by atoms with van der Waals surface area (Å²) in [6.07, 6.45) is -2.06. The van der Waals surface area contributed by atoms with Crippen molar-refractivity contribution in [2.24, 2.45) is 7.05 Å². The minimum Gasteiger partial charge on any atom is -0.481 e. The van der Waals surface area contributed by atoms with Gasteiger partial charge in [0.2, 0.25) is 0 Å². The quantitative estimate of drug-likeness (QED) is 0.159. The van der Waals surface area contributed by atoms with Gasteiger partial charge in [-0.3, -0.25) is 18.8 Å². The van der Waals surface area contributed by atoms with Crippen molar-refractivity contribution in [1.29, 1.82) is 0 Å². The fraction of sp³-hybridized carbons (Fsp3) is 0.433. The van der Waals surface area contributed by atoms with Gasteiger partial charge in [0.1, 0.15) is 0 Å². The third-order valence-electron chi connectivity index (χ3n) is 6.59. The highest BCUT2D eigenvalue weighted by Gasteiger charge is 2.30. The number of aryl methyl sites for hydroxylation is 1. The van der Waals surface area contributed by atoms with E-state index >= 15 is 0 Å². The molecule has 4 aromatic rings. The van der Waals surface area contributed by atoms with Crippen molar-refractivity contribution in [3.05, 3.63) is 59.8 Å². The lowest BCUT2D eigenvalue weighted by Crippen LogP contribution is -2.27. The van der Waals surface area contributed by atoms with Gasteiger partial charge in [-0.2, -0.15) is 18.3 Å². The summed E-state index contributed by atoms with van der Waals surface area (Å²) < 4.78 is 64.2. The summed E-state index contributed by atoms with van der Waals surface area (Å²) in [4.78, 5) is 23.2. The molecule has 0 saturated carbocycles. The van der Waals surface area contributed by atoms with E-state index in [2.05, 4.69) is 10.4 Å². The van der Waals surface area contributed by atoms with Crippen LogP contribution in [0.3, 0.4) is 0 Å². The van der Waals surface area contributed by atoms with E-state index in [1.54, 1.807) is 34.5 Å². The van der Waals surface area contributed by atoms with Crippen LogP contribution >= 0.6 is 0 Å². The monoisotopic (exact) mass is 620 g/mol. The summed E-state index contributed by atoms with van der Waals surface area (Å²) >= 11 is 0. The topological polar surface area (TPSA) is 126 Å². The van der Waals surface area contributed by atoms with Gasteiger partial charge in [-0.15, -0.1) is 0 Å². The van der Waals surface area contributed by atoms with Crippen LogP contribution in [0.1, 0.15) is 28.8 Å². The molecule has 11 nitrogen and oxygen atoms in total. The first-order valence-corrected chi connectivity index (χ1v) is 14.1. The predicted molar refractivity (Wildman–Crippen MR) is 155 cm³/mol. The minimum absolute atomic E-state index is 0.0869. The number of alkyl halides is 3. The van der Waals surface area contributed by atoms with Crippen molar-refractivity contribution in [3.8, 4) is 5.69 Å². The molecule has 2 N–H and O–H groups in total. The first kappa shape index (κ1) is 32.9. The Morgan fingerprint density at radius 3 is 2.09 bits per heavy atom. The Morgan fingerprint density at radius 1 is 0.864 bits per heavy atom. The second kappa shape index (κ2) is 15.7. The normalized spacial score (nSPS) is 11.9. The largest absolute Gasteiger partial charge is 0.481 e. The molecule has 0 atom stereocenters. The van der Waals surface area contributed by atoms with Crippen LogP contribution in [0.2, 0.25) is 0 Å². The number of aromatic nitrogens is 3. The summed E-state index contributed by atoms with van der Waals surface area (Å²) in [7, 11) is 1.76. The highest BCUT2D eigenvalue weighted by atomic mass is 19.4. The van der Waals surface area contributed by atoms with Crippen molar-refractivity contribution in [1.82, 2.24) is 19.7 Å². The molecule has 0 radical (unpaired) electrons. The molecule has 14 heteroatoms. The van der Waals surface area contributed by atoms with E-state index in [0.717, 1.165) is 28.4 Å². The molecule has 0 aliphatic heterocycles. The van der Waals surface area contributed by atoms with Gasteiger partial charge < -0.3 is 29.4 Å². The molecule has 2 aromatic carbocycles. The number of halogens is 3. The number of aliphatic carboxylic acids is 1. The molecule has 0 aliphatic carbocycles. The second-order valence-corrected chi connectivity index (χ2v) is 9.85. The first-order valence-electron chi connectivity index (χ1n) is 14.1. The van der Waals surface area contributed by atoms with Gasteiger partial charge in [-0.1, -0.05) is 0 Å². The number of carbonyl (C=O) groups excluding carboxylic acids is 1. The molecule has 44 heavy (non-hydrogen) atoms. The number of hydrogen-bond acceptors (Lipinski definition) is 7. The van der Waals surface area contributed by atoms with E-state index in [-0.39, 0.29) is 12.3 Å². The van der Waals surface area contributed by atoms with Crippen LogP contribution in [0.25, 0.3) is 27.6 Å². The van der Waals surface area contributed by atoms with Crippen LogP contribution in [0, 0.1) is 0 Å². The number of rotatable bonds is 18. The number of amides is 1. The van der Waals surface area contributed by atoms with Crippen LogP contribution in [0.15, 0.2) is 48.7 Å². The Morgan fingerprint density at radius 2 is 1.48 bits per heavy atom. The highest BCUT2D eigenvalue weighted by molar-refractivity contribution is 6.10. The van der Waals surface area contributed by atoms with Gasteiger partial charge in [-0.25, -0.2) is 0 Å². The van der Waals surface area contributed by atoms with E-state index < -0.39 is 17.7 Å². The van der Waals surface area contributed by atoms with E-state index in [4.69, 9.17) is 24.1 Å². The Kier molecular flexibility index (Phi) is 11.7. The fourth-order valence-electron chi connectivity index (χ4n) is 4.52. The van der Waals surface area contributed by atoms with Crippen LogP contribution in [-0.4, -0.2) is 90.7 Å². The molecule has 2 heterocycles. The van der Waals surface area contributed by atoms with E-state index in [9.17, 15) is 22.8 Å². The van der Waals surface area contributed by atoms with Crippen molar-refractivity contribution in [3.63, 3.8) is 0 Å². The van der Waals surface area contributed by atoms with Gasteiger partial charge in [0.05, 0.1) is 57.3 Å². The maximum absolute atomic E-state index is 13.1. The van der Waals surface area contributed by atoms with Crippen molar-refractivity contribution < 1.29 is 46.8 Å². The lowest BCUT2D eigenvalue weighted by atomic mass is 10.1. The lowest BCUT2D eigenvalue weighted by molar-refractivity contribution is -0.138. The van der Waals surface area contributed by atoms with Gasteiger partial charge in [0, 0.05) is 54.8 Å². The van der Waals surface area contributed by atoms with Gasteiger partial charge >= 0.3 is 12.1 Å². The molecule has 0 fully saturated rings. The maximum atomic E-state index is 13.1. The smallest absolute Gasteiger partial charge is 0.416 e. The number of hydrogen-bond donors (Lipinski definition) is 2. The summed E-state index contributed by atoms with van der Waals surface area (Å²) in [6.45, 7) is 3.29. The Labute approximate surface area is 251 Å². The summed E-state index contributed by atoms with van der Waals surface area (Å²) in [5, 5.41) is 17.4. The lowest BCUT2D eigenvalue weighted by Gasteiger charge is -2.10. The van der Waals surface area contributed by atoms with Crippen LogP contribution < -0.4 is 5.32 Å². The molecule has 0 unspecified atom stereocenters. The van der Waals surface area contributed by atoms with Crippen molar-refractivity contribution in [2.45, 2.75) is 19.0 Å². The molecule has 0 spiro atoms. The number of carboxylic acid groups (broad SMARTS) is 1. The van der Waals surface area contributed by atoms with Gasteiger partial charge in [-0.05, 0) is 48.9 Å². The Balaban J connectivity index is 1.19. The molecule has 0 saturated heterocycles. The van der Waals surface area contributed by atoms with Crippen molar-refractivity contribution in [2.75, 3.05) is 59.4 Å². The second-order valence-electron chi connectivity index (χ2n) is 9.85. The van der Waals surface area contributed by atoms with Gasteiger partial charge in [0.25, 0.3) is 5.91 Å². The third kappa shape index (κ3) is 9.02. The van der Waals surface area contributed by atoms with Crippen LogP contribution in [0.5, 0.6) is 0 Å².